The summed E-state index contributed by atoms with van der Waals surface area (Å²) in [7, 11) is 0. The molecule has 716 valence electrons. The molecule has 132 heavy (non-hydrogen) atoms. The molecule has 55 nitrogen and oxygen atoms in total. The molecule has 6 saturated heterocycles. The Morgan fingerprint density at radius 3 is 1.35 bits per heavy atom. The Morgan fingerprint density at radius 2 is 0.932 bits per heavy atom. The lowest BCUT2D eigenvalue weighted by Gasteiger charge is -2.32. The maximum atomic E-state index is 14.6. The van der Waals surface area contributed by atoms with Crippen molar-refractivity contribution < 1.29 is 127 Å². The van der Waals surface area contributed by atoms with Gasteiger partial charge in [0.05, 0.1) is 102 Å². The molecule has 9 aliphatic rings. The van der Waals surface area contributed by atoms with E-state index in [0.717, 1.165) is 6.33 Å². The van der Waals surface area contributed by atoms with E-state index in [2.05, 4.69) is 110 Å². The Labute approximate surface area is 743 Å². The van der Waals surface area contributed by atoms with Crippen molar-refractivity contribution in [1.82, 2.24) is 68.8 Å². The summed E-state index contributed by atoms with van der Waals surface area (Å²) >= 11 is 5.73. The summed E-state index contributed by atoms with van der Waals surface area (Å²) in [4.78, 5) is 64.5. The largest absolute Gasteiger partial charge is 0.397 e. The highest BCUT2D eigenvalue weighted by Crippen LogP contribution is 2.48. The number of amidine groups is 3. The number of nitrogen functional groups attached to an aromatic ring is 2. The van der Waals surface area contributed by atoms with Gasteiger partial charge in [0.25, 0.3) is 5.56 Å². The minimum Gasteiger partial charge on any atom is -0.397 e. The number of alkyl halides is 6. The molecule has 25 N–H and O–H groups in total. The number of halogens is 6. The third-order valence-electron chi connectivity index (χ3n) is 22.4. The molecule has 15 heterocycles. The predicted molar refractivity (Wildman–Crippen MR) is 446 cm³/mol. The summed E-state index contributed by atoms with van der Waals surface area (Å²) in [5.41, 5.74) is 48.3. The van der Waals surface area contributed by atoms with Gasteiger partial charge in [-0.2, -0.15) is 0 Å². The number of anilines is 2. The van der Waals surface area contributed by atoms with Crippen LogP contribution in [0.2, 0.25) is 0 Å². The molecule has 61 heteroatoms. The van der Waals surface area contributed by atoms with Gasteiger partial charge in [0.2, 0.25) is 0 Å². The van der Waals surface area contributed by atoms with Crippen molar-refractivity contribution in [2.45, 2.75) is 165 Å². The van der Waals surface area contributed by atoms with Crippen LogP contribution in [-0.2, 0) is 28.4 Å². The van der Waals surface area contributed by atoms with Crippen LogP contribution in [0.15, 0.2) is 157 Å². The molecule has 0 bridgehead atoms. The monoisotopic (exact) mass is 1890 g/mol. The van der Waals surface area contributed by atoms with Gasteiger partial charge in [0, 0.05) is 56.2 Å². The number of aliphatic hydroxyl groups excluding tert-OH is 13. The molecule has 0 aromatic carbocycles. The minimum absolute atomic E-state index is 0.0116. The number of aliphatic imine (C=N–C) groups is 3. The first kappa shape index (κ1) is 102. The third-order valence-corrected chi connectivity index (χ3v) is 22.9. The van der Waals surface area contributed by atoms with Crippen LogP contribution in [0.3, 0.4) is 0 Å². The van der Waals surface area contributed by atoms with E-state index in [1.54, 1.807) is 26.0 Å². The number of aryl methyl sites for hydroxylation is 1. The second kappa shape index (κ2) is 41.7. The number of aliphatic hydroxyl groups is 14. The van der Waals surface area contributed by atoms with E-state index in [9.17, 15) is 98.2 Å². The van der Waals surface area contributed by atoms with E-state index in [1.807, 2.05) is 5.48 Å². The van der Waals surface area contributed by atoms with Crippen LogP contribution >= 0.6 is 11.6 Å². The number of nitrogens with zero attached hydrogens (tertiary/aromatic N) is 27. The average molecular weight is 1890 g/mol. The van der Waals surface area contributed by atoms with Crippen molar-refractivity contribution in [3.8, 4) is 0 Å². The SMILES string of the molecule is C=C1N=C(N)C(C)=CN1[C@@H]1O[C@@](CO)(CN=[N+]=[N-])[C@@H](O)[C@H]1F.C=C1N=C(N)C=CN1[C@@H]1O[C@@](CO)(CCl)[C@@H](O)[C@H]1O.C=C1N=C(NO)C=CN1[C@@H]1O[C@@](CO)(CN=[N+]=[N-])[C@@H](O)[C@H]1F.C[C@@]1(O)[C@H](O)[C@](CO)(CF)O[C@H]1n1cnc2c(N)ccnc21.Cc1nc2c(ncn2[C@@H]2O[C@@](CO)(CN=[N+]=[N-])[C@@H](O)[C@H]2F)c(=O)[nH]1.[N-]=[N+]=NC[C@]1(CO)O[C@@H](n2cnc3c(N)ccnc32)[C@H](F)[C@@H]1O. The molecule has 0 saturated carbocycles. The van der Waals surface area contributed by atoms with Crippen molar-refractivity contribution in [2.24, 2.45) is 46.9 Å². The maximum absolute atomic E-state index is 14.6. The molecule has 6 aromatic heterocycles. The van der Waals surface area contributed by atoms with Crippen LogP contribution in [-0.4, -0.2) is 361 Å². The fourth-order valence-corrected chi connectivity index (χ4v) is 15.1. The number of pyridine rings is 2. The molecular formula is C71H93ClF5N33O22. The van der Waals surface area contributed by atoms with Crippen LogP contribution in [0.4, 0.5) is 33.3 Å². The summed E-state index contributed by atoms with van der Waals surface area (Å²) in [5, 5.41) is 160. The number of H-pyrrole nitrogens is 1. The molecule has 15 rings (SSSR count). The van der Waals surface area contributed by atoms with Crippen molar-refractivity contribution in [3.05, 3.63) is 175 Å². The molecule has 0 amide bonds. The van der Waals surface area contributed by atoms with Gasteiger partial charge in [-0.05, 0) is 67.2 Å². The summed E-state index contributed by atoms with van der Waals surface area (Å²) in [5.74, 6) is 1.21. The highest BCUT2D eigenvalue weighted by molar-refractivity contribution is 6.18. The van der Waals surface area contributed by atoms with E-state index in [0.29, 0.717) is 39.5 Å². The molecule has 24 atom stereocenters. The summed E-state index contributed by atoms with van der Waals surface area (Å²) in [6.07, 6.45) is -12.0. The number of azide groups is 4. The smallest absolute Gasteiger partial charge is 0.279 e. The zero-order valence-corrected chi connectivity index (χ0v) is 70.3. The summed E-state index contributed by atoms with van der Waals surface area (Å²) in [6, 6.07) is 3.12. The lowest BCUT2D eigenvalue weighted by molar-refractivity contribution is -0.137. The molecule has 0 radical (unpaired) electrons. The molecule has 0 unspecified atom stereocenters. The lowest BCUT2D eigenvalue weighted by Crippen LogP contribution is -2.52. The van der Waals surface area contributed by atoms with E-state index < -0.39 is 222 Å². The topological polar surface area (TPSA) is 842 Å². The number of rotatable bonds is 22. The zero-order valence-electron chi connectivity index (χ0n) is 69.6. The number of hydroxylamine groups is 1. The van der Waals surface area contributed by atoms with Gasteiger partial charge in [-0.15, -0.1) is 11.6 Å². The van der Waals surface area contributed by atoms with Gasteiger partial charge in [-0.1, -0.05) is 40.2 Å². The highest BCUT2D eigenvalue weighted by atomic mass is 35.5. The van der Waals surface area contributed by atoms with Crippen molar-refractivity contribution in [3.63, 3.8) is 0 Å². The second-order valence-electron chi connectivity index (χ2n) is 30.8. The Kier molecular flexibility index (Phi) is 32.2. The molecule has 0 spiro atoms. The Morgan fingerprint density at radius 1 is 0.538 bits per heavy atom. The first-order valence-electron chi connectivity index (χ1n) is 38.8. The van der Waals surface area contributed by atoms with Crippen LogP contribution < -0.4 is 34.0 Å². The van der Waals surface area contributed by atoms with Gasteiger partial charge < -0.3 is 143 Å². The van der Waals surface area contributed by atoms with Crippen molar-refractivity contribution >= 4 is 74.0 Å². The first-order valence-corrected chi connectivity index (χ1v) is 39.3. The van der Waals surface area contributed by atoms with Crippen LogP contribution in [0.25, 0.3) is 75.3 Å². The number of aromatic nitrogens is 10. The standard InChI is InChI=1S/C13H17FN4O4.C12H14FN7O4.C12H14FN7O3.C12H17FN6O3.C11H16ClN3O4.C11H15FN6O4/c1-12(21)10(20)13(4-14,5-19)22-11(12)18-6-17-8-7(15)2-3-16-9(8)18;1-5-17-9-7(10(23)18-5)15-4-20(9)11-6(13)8(22)12(3-21,24-11)2-16-19-14;13-7-9(22)12(4-21,3-18-19-15)23-11(7)20-5-17-8-6(14)1-2-16-10(8)20;1-6-3-19(7(2)17-10(6)14)11-8(13)9(21)12(5-20,22-11)4-16-18-15;1-6-14-7(13)2-3-15(6)10-8(17)9(18)11(4-12,5-16)19-10;1-6-15-7(16-21)2-3-18(6)10-8(12)9(20)11(5-19,22-10)4-14-17-13/h2-3,6,10-11,19-21H,4-5H2,1H3,(H2,15,16);4,6,8,11,21-22H,2-3H2,1H3,(H,17,18,23);1-2,5,7,9,11,21-22H,3-4H2,(H2,14,16);3,8-9,11,20-21H,2,4-5H2,1H3,(H2,14,17);2-3,8-10,16-18H,1,4-5H2,(H2,13,14);2-3,8-10,19-21H,1,4-5H2,(H,15,16)/t10-,11+,12+,13+;6-,8+,11-,12-;7-,9+,11-,12-;8-,9+,11-,12-;2*8-,9+,10-,11-/m011111/s1. The van der Waals surface area contributed by atoms with Gasteiger partial charge in [-0.3, -0.25) is 29.2 Å². The van der Waals surface area contributed by atoms with Crippen LogP contribution in [0.5, 0.6) is 0 Å². The fraction of sp³-hybridized carbons (Fsp3) is 0.549. The lowest BCUT2D eigenvalue weighted by atomic mass is 9.88. The van der Waals surface area contributed by atoms with Crippen molar-refractivity contribution in [1.29, 1.82) is 0 Å². The number of nitrogens with one attached hydrogen (secondary N) is 2. The zero-order chi connectivity index (χ0) is 97.2. The normalized spacial score (nSPS) is 33.7. The van der Waals surface area contributed by atoms with Gasteiger partial charge in [-0.25, -0.2) is 66.8 Å². The maximum Gasteiger partial charge on any atom is 0.279 e. The number of hydrogen-bond donors (Lipinski definition) is 21. The van der Waals surface area contributed by atoms with E-state index in [-0.39, 0.29) is 57.7 Å². The quantitative estimate of drug-likeness (QED) is 0.00866. The predicted octanol–water partition coefficient (Wildman–Crippen LogP) is -2.08. The fourth-order valence-electron chi connectivity index (χ4n) is 14.8. The number of aromatic amines is 1. The molecular weight excluding hydrogens is 1800 g/mol. The van der Waals surface area contributed by atoms with Gasteiger partial charge in [0.1, 0.15) is 129 Å². The van der Waals surface area contributed by atoms with E-state index in [4.69, 9.17) is 90.3 Å². The number of nitrogens with two attached hydrogens (primary N) is 4. The first-order chi connectivity index (χ1) is 62.6. The van der Waals surface area contributed by atoms with Gasteiger partial charge in [0.15, 0.2) is 95.9 Å². The van der Waals surface area contributed by atoms with Gasteiger partial charge >= 0.3 is 0 Å². The molecule has 6 aromatic rings. The van der Waals surface area contributed by atoms with Crippen molar-refractivity contribution in [2.75, 3.05) is 89.8 Å². The highest BCUT2D eigenvalue weighted by Gasteiger charge is 2.64. The Hall–Kier alpha value is -12.2. The molecule has 9 aliphatic heterocycles. The number of fused-ring (bicyclic) bond motifs is 3. The van der Waals surface area contributed by atoms with Crippen LogP contribution in [0.1, 0.15) is 38.4 Å². The number of imidazole rings is 3. The van der Waals surface area contributed by atoms with E-state index >= 15 is 0 Å². The average Bonchev–Trinajstić information content (AvgIpc) is 1.76. The van der Waals surface area contributed by atoms with Crippen LogP contribution in [0, 0.1) is 6.92 Å². The molecule has 0 aliphatic carbocycles. The minimum atomic E-state index is -1.95. The number of ether oxygens (including phenoxy) is 6. The summed E-state index contributed by atoms with van der Waals surface area (Å²) < 4.78 is 108. The third kappa shape index (κ3) is 19.3. The Balaban J connectivity index is 0.000000165. The molecule has 6 fully saturated rings. The summed E-state index contributed by atoms with van der Waals surface area (Å²) in [6.45, 7) is 8.38. The second-order valence-corrected chi connectivity index (χ2v) is 31.0. The van der Waals surface area contributed by atoms with E-state index in [1.165, 1.54) is 91.1 Å². The number of hydrogen-bond acceptors (Lipinski definition) is 43. The Bertz CT molecular complexity index is 5660.